The van der Waals surface area contributed by atoms with Crippen molar-refractivity contribution in [1.29, 1.82) is 0 Å². The number of hydrogen-bond donors (Lipinski definition) is 1. The lowest BCUT2D eigenvalue weighted by Crippen LogP contribution is -1.98. The van der Waals surface area contributed by atoms with Gasteiger partial charge >= 0.3 is 0 Å². The van der Waals surface area contributed by atoms with E-state index in [-0.39, 0.29) is 5.78 Å². The quantitative estimate of drug-likeness (QED) is 0.611. The summed E-state index contributed by atoms with van der Waals surface area (Å²) in [5, 5.41) is 0. The van der Waals surface area contributed by atoms with E-state index in [0.29, 0.717) is 11.3 Å². The van der Waals surface area contributed by atoms with Gasteiger partial charge in [-0.25, -0.2) is 0 Å². The first-order chi connectivity index (χ1) is 5.11. The maximum atomic E-state index is 10.8. The fourth-order valence-corrected chi connectivity index (χ4v) is 0.743. The summed E-state index contributed by atoms with van der Waals surface area (Å²) in [4.78, 5) is 14.8. The number of hydrogen-bond acceptors (Lipinski definition) is 3. The Morgan fingerprint density at radius 2 is 2.27 bits per heavy atom. The maximum Gasteiger partial charge on any atom is 0.161 e. The van der Waals surface area contributed by atoms with E-state index in [2.05, 4.69) is 4.98 Å². The van der Waals surface area contributed by atoms with Crippen LogP contribution in [-0.2, 0) is 0 Å². The standard InChI is InChI=1S/C8H10N2O/c1-5-8(9)3-7(4-10-5)6(2)11/h3-4H,9H2,1-2H3. The van der Waals surface area contributed by atoms with Crippen LogP contribution in [0.1, 0.15) is 23.0 Å². The van der Waals surface area contributed by atoms with Gasteiger partial charge < -0.3 is 5.73 Å². The predicted molar refractivity (Wildman–Crippen MR) is 43.4 cm³/mol. The first kappa shape index (κ1) is 7.72. The minimum atomic E-state index is -0.01000. The molecule has 0 aliphatic heterocycles. The van der Waals surface area contributed by atoms with E-state index >= 15 is 0 Å². The molecule has 0 unspecified atom stereocenters. The summed E-state index contributed by atoms with van der Waals surface area (Å²) >= 11 is 0. The van der Waals surface area contributed by atoms with E-state index in [4.69, 9.17) is 5.73 Å². The van der Waals surface area contributed by atoms with E-state index in [0.717, 1.165) is 5.69 Å². The third-order valence-corrected chi connectivity index (χ3v) is 1.53. The number of aromatic nitrogens is 1. The molecule has 0 saturated heterocycles. The molecule has 58 valence electrons. The topological polar surface area (TPSA) is 56.0 Å². The molecule has 1 heterocycles. The normalized spacial score (nSPS) is 9.64. The van der Waals surface area contributed by atoms with E-state index < -0.39 is 0 Å². The minimum Gasteiger partial charge on any atom is -0.397 e. The van der Waals surface area contributed by atoms with Gasteiger partial charge in [0.05, 0.1) is 11.4 Å². The highest BCUT2D eigenvalue weighted by molar-refractivity contribution is 5.94. The van der Waals surface area contributed by atoms with Gasteiger partial charge in [0, 0.05) is 11.8 Å². The van der Waals surface area contributed by atoms with Crippen molar-refractivity contribution >= 4 is 11.5 Å². The number of Topliss-reactive ketones (excluding diaryl/α,β-unsaturated/α-hetero) is 1. The van der Waals surface area contributed by atoms with Crippen molar-refractivity contribution in [3.63, 3.8) is 0 Å². The fraction of sp³-hybridized carbons (Fsp3) is 0.250. The molecule has 0 atom stereocenters. The first-order valence-electron chi connectivity index (χ1n) is 3.34. The molecule has 0 aliphatic rings. The molecule has 0 amide bonds. The Bertz CT molecular complexity index is 294. The second-order valence-corrected chi connectivity index (χ2v) is 2.45. The van der Waals surface area contributed by atoms with Crippen LogP contribution in [0.3, 0.4) is 0 Å². The number of ketones is 1. The minimum absolute atomic E-state index is 0.01000. The smallest absolute Gasteiger partial charge is 0.161 e. The van der Waals surface area contributed by atoms with Gasteiger partial charge in [-0.3, -0.25) is 9.78 Å². The fourth-order valence-electron chi connectivity index (χ4n) is 0.743. The molecule has 0 bridgehead atoms. The molecule has 0 fully saturated rings. The number of carbonyl (C=O) groups excluding carboxylic acids is 1. The number of aryl methyl sites for hydroxylation is 1. The van der Waals surface area contributed by atoms with Crippen LogP contribution in [0.2, 0.25) is 0 Å². The Labute approximate surface area is 65.2 Å². The van der Waals surface area contributed by atoms with Crippen molar-refractivity contribution in [3.8, 4) is 0 Å². The van der Waals surface area contributed by atoms with Gasteiger partial charge in [-0.15, -0.1) is 0 Å². The number of nitrogens with two attached hydrogens (primary N) is 1. The molecule has 1 aromatic heterocycles. The van der Waals surface area contributed by atoms with E-state index in [1.165, 1.54) is 13.1 Å². The van der Waals surface area contributed by atoms with E-state index in [1.54, 1.807) is 13.0 Å². The summed E-state index contributed by atoms with van der Waals surface area (Å²) in [5.74, 6) is -0.01000. The van der Waals surface area contributed by atoms with Crippen LogP contribution in [0.15, 0.2) is 12.3 Å². The van der Waals surface area contributed by atoms with Gasteiger partial charge in [0.15, 0.2) is 5.78 Å². The lowest BCUT2D eigenvalue weighted by molar-refractivity contribution is 0.101. The molecule has 1 rings (SSSR count). The zero-order chi connectivity index (χ0) is 8.43. The highest BCUT2D eigenvalue weighted by atomic mass is 16.1. The monoisotopic (exact) mass is 150 g/mol. The molecule has 11 heavy (non-hydrogen) atoms. The Balaban J connectivity index is 3.15. The van der Waals surface area contributed by atoms with Gasteiger partial charge in [0.25, 0.3) is 0 Å². The van der Waals surface area contributed by atoms with Crippen molar-refractivity contribution in [2.24, 2.45) is 0 Å². The molecule has 0 saturated carbocycles. The lowest BCUT2D eigenvalue weighted by Gasteiger charge is -1.99. The number of nitrogen functional groups attached to an aromatic ring is 1. The van der Waals surface area contributed by atoms with Crippen LogP contribution >= 0.6 is 0 Å². The summed E-state index contributed by atoms with van der Waals surface area (Å²) in [6.45, 7) is 3.30. The second-order valence-electron chi connectivity index (χ2n) is 2.45. The van der Waals surface area contributed by atoms with Crippen molar-refractivity contribution < 1.29 is 4.79 Å². The molecule has 0 aliphatic carbocycles. The highest BCUT2D eigenvalue weighted by Gasteiger charge is 2.01. The Morgan fingerprint density at radius 1 is 1.64 bits per heavy atom. The van der Waals surface area contributed by atoms with E-state index in [1.807, 2.05) is 0 Å². The van der Waals surface area contributed by atoms with Crippen molar-refractivity contribution in [1.82, 2.24) is 4.98 Å². The molecule has 0 spiro atoms. The molecule has 3 nitrogen and oxygen atoms in total. The van der Waals surface area contributed by atoms with Crippen molar-refractivity contribution in [2.45, 2.75) is 13.8 Å². The third kappa shape index (κ3) is 1.55. The third-order valence-electron chi connectivity index (χ3n) is 1.53. The molecule has 0 radical (unpaired) electrons. The van der Waals surface area contributed by atoms with Crippen LogP contribution in [0.4, 0.5) is 5.69 Å². The largest absolute Gasteiger partial charge is 0.397 e. The van der Waals surface area contributed by atoms with Crippen LogP contribution < -0.4 is 5.73 Å². The number of nitrogens with zero attached hydrogens (tertiary/aromatic N) is 1. The van der Waals surface area contributed by atoms with Gasteiger partial charge in [0.2, 0.25) is 0 Å². The summed E-state index contributed by atoms with van der Waals surface area (Å²) < 4.78 is 0. The first-order valence-corrected chi connectivity index (χ1v) is 3.34. The van der Waals surface area contributed by atoms with Crippen LogP contribution in [-0.4, -0.2) is 10.8 Å². The Morgan fingerprint density at radius 3 is 2.73 bits per heavy atom. The summed E-state index contributed by atoms with van der Waals surface area (Å²) in [6, 6.07) is 1.64. The van der Waals surface area contributed by atoms with Crippen LogP contribution in [0.5, 0.6) is 0 Å². The zero-order valence-electron chi connectivity index (χ0n) is 6.59. The summed E-state index contributed by atoms with van der Waals surface area (Å²) in [7, 11) is 0. The Kier molecular flexibility index (Phi) is 1.89. The van der Waals surface area contributed by atoms with Gasteiger partial charge in [-0.1, -0.05) is 0 Å². The molecule has 1 aromatic rings. The summed E-state index contributed by atoms with van der Waals surface area (Å²) in [5.41, 5.74) is 7.43. The van der Waals surface area contributed by atoms with Gasteiger partial charge in [0.1, 0.15) is 0 Å². The SMILES string of the molecule is CC(=O)c1cnc(C)c(N)c1. The molecule has 2 N–H and O–H groups in total. The molecule has 0 aromatic carbocycles. The van der Waals surface area contributed by atoms with Crippen molar-refractivity contribution in [2.75, 3.05) is 5.73 Å². The Hall–Kier alpha value is -1.38. The molecule has 3 heteroatoms. The second kappa shape index (κ2) is 2.70. The average Bonchev–Trinajstić information content (AvgIpc) is 1.94. The number of anilines is 1. The van der Waals surface area contributed by atoms with Crippen molar-refractivity contribution in [3.05, 3.63) is 23.5 Å². The number of carbonyl (C=O) groups is 1. The van der Waals surface area contributed by atoms with E-state index in [9.17, 15) is 4.79 Å². The van der Waals surface area contributed by atoms with Crippen LogP contribution in [0, 0.1) is 6.92 Å². The number of pyridine rings is 1. The predicted octanol–water partition coefficient (Wildman–Crippen LogP) is 1.17. The van der Waals surface area contributed by atoms with Gasteiger partial charge in [-0.2, -0.15) is 0 Å². The lowest BCUT2D eigenvalue weighted by atomic mass is 10.2. The number of rotatable bonds is 1. The van der Waals surface area contributed by atoms with Crippen LogP contribution in [0.25, 0.3) is 0 Å². The molecular formula is C8H10N2O. The summed E-state index contributed by atoms with van der Waals surface area (Å²) in [6.07, 6.45) is 1.54. The zero-order valence-corrected chi connectivity index (χ0v) is 6.59. The highest BCUT2D eigenvalue weighted by Crippen LogP contribution is 2.09. The maximum absolute atomic E-state index is 10.8. The van der Waals surface area contributed by atoms with Gasteiger partial charge in [-0.05, 0) is 19.9 Å². The molecular weight excluding hydrogens is 140 g/mol. The average molecular weight is 150 g/mol.